The highest BCUT2D eigenvalue weighted by Crippen LogP contribution is 2.26. The Hall–Kier alpha value is -3.60. The SMILES string of the molecule is O=C(Nc1ccncc1)c1ccc(COc2cccc3ccccc23)o1. The fraction of sp³-hybridized carbons (Fsp3) is 0.0476. The lowest BCUT2D eigenvalue weighted by atomic mass is 10.1. The minimum atomic E-state index is -0.312. The molecule has 0 aliphatic carbocycles. The van der Waals surface area contributed by atoms with Crippen molar-refractivity contribution in [2.75, 3.05) is 5.32 Å². The second-order valence-corrected chi connectivity index (χ2v) is 5.72. The van der Waals surface area contributed by atoms with Crippen molar-refractivity contribution in [1.82, 2.24) is 4.98 Å². The number of nitrogens with zero attached hydrogens (tertiary/aromatic N) is 1. The molecule has 1 N–H and O–H groups in total. The van der Waals surface area contributed by atoms with Crippen LogP contribution in [0.15, 0.2) is 83.5 Å². The van der Waals surface area contributed by atoms with Crippen molar-refractivity contribution in [3.63, 3.8) is 0 Å². The number of amides is 1. The molecule has 0 atom stereocenters. The Kier molecular flexibility index (Phi) is 4.35. The summed E-state index contributed by atoms with van der Waals surface area (Å²) < 4.78 is 11.5. The fourth-order valence-electron chi connectivity index (χ4n) is 2.68. The summed E-state index contributed by atoms with van der Waals surface area (Å²) in [5, 5.41) is 4.91. The monoisotopic (exact) mass is 344 g/mol. The van der Waals surface area contributed by atoms with E-state index in [0.29, 0.717) is 11.4 Å². The number of hydrogen-bond acceptors (Lipinski definition) is 4. The van der Waals surface area contributed by atoms with Crippen LogP contribution in [0.1, 0.15) is 16.3 Å². The molecule has 5 nitrogen and oxygen atoms in total. The number of benzene rings is 2. The van der Waals surface area contributed by atoms with Crippen LogP contribution in [0.25, 0.3) is 10.8 Å². The van der Waals surface area contributed by atoms with Gasteiger partial charge in [0.1, 0.15) is 18.1 Å². The van der Waals surface area contributed by atoms with E-state index in [1.165, 1.54) is 0 Å². The standard InChI is InChI=1S/C21H16N2O3/c24-21(23-16-10-12-22-13-11-16)20-9-8-17(26-20)14-25-19-7-3-5-15-4-1-2-6-18(15)19/h1-13H,14H2,(H,22,23,24). The number of aromatic nitrogens is 1. The van der Waals surface area contributed by atoms with Gasteiger partial charge < -0.3 is 14.5 Å². The first-order valence-electron chi connectivity index (χ1n) is 8.20. The Balaban J connectivity index is 1.44. The van der Waals surface area contributed by atoms with Gasteiger partial charge in [0.2, 0.25) is 0 Å². The summed E-state index contributed by atoms with van der Waals surface area (Å²) in [6, 6.07) is 20.7. The summed E-state index contributed by atoms with van der Waals surface area (Å²) in [6.45, 7) is 0.247. The van der Waals surface area contributed by atoms with E-state index in [1.54, 1.807) is 36.7 Å². The molecular weight excluding hydrogens is 328 g/mol. The average molecular weight is 344 g/mol. The predicted octanol–water partition coefficient (Wildman–Crippen LogP) is 4.66. The van der Waals surface area contributed by atoms with Crippen molar-refractivity contribution >= 4 is 22.4 Å². The van der Waals surface area contributed by atoms with Gasteiger partial charge in [0.15, 0.2) is 5.76 Å². The highest BCUT2D eigenvalue weighted by atomic mass is 16.5. The number of rotatable bonds is 5. The quantitative estimate of drug-likeness (QED) is 0.572. The minimum absolute atomic E-state index is 0.235. The summed E-state index contributed by atoms with van der Waals surface area (Å²) in [7, 11) is 0. The molecule has 1 amide bonds. The lowest BCUT2D eigenvalue weighted by Crippen LogP contribution is -2.10. The molecule has 0 saturated carbocycles. The van der Waals surface area contributed by atoms with Crippen LogP contribution in [-0.2, 0) is 6.61 Å². The van der Waals surface area contributed by atoms with Gasteiger partial charge in [-0.2, -0.15) is 0 Å². The van der Waals surface area contributed by atoms with Crippen molar-refractivity contribution in [3.8, 4) is 5.75 Å². The zero-order chi connectivity index (χ0) is 17.8. The van der Waals surface area contributed by atoms with Crippen molar-refractivity contribution in [1.29, 1.82) is 0 Å². The van der Waals surface area contributed by atoms with Gasteiger partial charge >= 0.3 is 0 Å². The van der Waals surface area contributed by atoms with Gasteiger partial charge in [-0.05, 0) is 35.7 Å². The number of ether oxygens (including phenoxy) is 1. The molecule has 0 fully saturated rings. The number of anilines is 1. The molecule has 0 aliphatic rings. The normalized spacial score (nSPS) is 10.6. The summed E-state index contributed by atoms with van der Waals surface area (Å²) in [5.74, 6) is 1.28. The fourth-order valence-corrected chi connectivity index (χ4v) is 2.68. The maximum Gasteiger partial charge on any atom is 0.291 e. The Morgan fingerprint density at radius 2 is 1.77 bits per heavy atom. The lowest BCUT2D eigenvalue weighted by Gasteiger charge is -2.08. The van der Waals surface area contributed by atoms with Gasteiger partial charge in [-0.3, -0.25) is 9.78 Å². The molecule has 2 aromatic carbocycles. The highest BCUT2D eigenvalue weighted by molar-refractivity contribution is 6.02. The molecule has 0 aliphatic heterocycles. The van der Waals surface area contributed by atoms with Crippen LogP contribution in [0.3, 0.4) is 0 Å². The van der Waals surface area contributed by atoms with Crippen LogP contribution >= 0.6 is 0 Å². The summed E-state index contributed by atoms with van der Waals surface area (Å²) in [5.41, 5.74) is 0.662. The van der Waals surface area contributed by atoms with Gasteiger partial charge in [-0.25, -0.2) is 0 Å². The molecule has 4 aromatic rings. The molecule has 128 valence electrons. The van der Waals surface area contributed by atoms with E-state index < -0.39 is 0 Å². The largest absolute Gasteiger partial charge is 0.485 e. The number of nitrogens with one attached hydrogen (secondary N) is 1. The minimum Gasteiger partial charge on any atom is -0.485 e. The lowest BCUT2D eigenvalue weighted by molar-refractivity contribution is 0.0992. The van der Waals surface area contributed by atoms with Crippen LogP contribution in [0.4, 0.5) is 5.69 Å². The third-order valence-corrected chi connectivity index (χ3v) is 3.94. The smallest absolute Gasteiger partial charge is 0.291 e. The molecule has 0 bridgehead atoms. The molecule has 26 heavy (non-hydrogen) atoms. The molecule has 4 rings (SSSR count). The number of furan rings is 1. The molecule has 0 saturated heterocycles. The summed E-state index contributed by atoms with van der Waals surface area (Å²) in [6.07, 6.45) is 3.22. The molecule has 0 radical (unpaired) electrons. The van der Waals surface area contributed by atoms with Crippen molar-refractivity contribution < 1.29 is 13.9 Å². The van der Waals surface area contributed by atoms with Crippen molar-refractivity contribution in [2.24, 2.45) is 0 Å². The van der Waals surface area contributed by atoms with Crippen LogP contribution in [0, 0.1) is 0 Å². The van der Waals surface area contributed by atoms with Crippen molar-refractivity contribution in [2.45, 2.75) is 6.61 Å². The van der Waals surface area contributed by atoms with Gasteiger partial charge in [-0.15, -0.1) is 0 Å². The molecule has 2 aromatic heterocycles. The summed E-state index contributed by atoms with van der Waals surface area (Å²) in [4.78, 5) is 16.1. The maximum atomic E-state index is 12.2. The molecule has 0 spiro atoms. The molecule has 5 heteroatoms. The first kappa shape index (κ1) is 15.9. The number of hydrogen-bond donors (Lipinski definition) is 1. The van der Waals surface area contributed by atoms with E-state index in [1.807, 2.05) is 42.5 Å². The highest BCUT2D eigenvalue weighted by Gasteiger charge is 2.12. The number of fused-ring (bicyclic) bond motifs is 1. The second-order valence-electron chi connectivity index (χ2n) is 5.72. The van der Waals surface area contributed by atoms with Gasteiger partial charge in [0.25, 0.3) is 5.91 Å². The second kappa shape index (κ2) is 7.11. The topological polar surface area (TPSA) is 64.4 Å². The first-order chi connectivity index (χ1) is 12.8. The van der Waals surface area contributed by atoms with E-state index in [2.05, 4.69) is 10.3 Å². The third-order valence-electron chi connectivity index (χ3n) is 3.94. The molecule has 0 unspecified atom stereocenters. The van der Waals surface area contributed by atoms with Crippen LogP contribution < -0.4 is 10.1 Å². The Bertz CT molecular complexity index is 1040. The predicted molar refractivity (Wildman–Crippen MR) is 99.2 cm³/mol. The molecule has 2 heterocycles. The number of carbonyl (C=O) groups excluding carboxylic acids is 1. The Morgan fingerprint density at radius 1 is 0.962 bits per heavy atom. The van der Waals surface area contributed by atoms with Gasteiger partial charge in [0, 0.05) is 23.5 Å². The van der Waals surface area contributed by atoms with Gasteiger partial charge in [0.05, 0.1) is 0 Å². The van der Waals surface area contributed by atoms with Crippen molar-refractivity contribution in [3.05, 3.63) is 90.6 Å². The van der Waals surface area contributed by atoms with E-state index in [4.69, 9.17) is 9.15 Å². The van der Waals surface area contributed by atoms with Crippen LogP contribution in [0.2, 0.25) is 0 Å². The van der Waals surface area contributed by atoms with E-state index in [-0.39, 0.29) is 18.3 Å². The zero-order valence-corrected chi connectivity index (χ0v) is 13.9. The third kappa shape index (κ3) is 3.42. The number of carbonyl (C=O) groups is 1. The molecular formula is C21H16N2O3. The van der Waals surface area contributed by atoms with E-state index in [0.717, 1.165) is 16.5 Å². The Morgan fingerprint density at radius 3 is 2.65 bits per heavy atom. The maximum absolute atomic E-state index is 12.2. The summed E-state index contributed by atoms with van der Waals surface area (Å²) >= 11 is 0. The van der Waals surface area contributed by atoms with Crippen LogP contribution in [0.5, 0.6) is 5.75 Å². The first-order valence-corrected chi connectivity index (χ1v) is 8.20. The van der Waals surface area contributed by atoms with Crippen LogP contribution in [-0.4, -0.2) is 10.9 Å². The zero-order valence-electron chi connectivity index (χ0n) is 13.9. The van der Waals surface area contributed by atoms with Gasteiger partial charge in [-0.1, -0.05) is 36.4 Å². The average Bonchev–Trinajstić information content (AvgIpc) is 3.16. The number of pyridine rings is 1. The van der Waals surface area contributed by atoms with E-state index >= 15 is 0 Å². The van der Waals surface area contributed by atoms with E-state index in [9.17, 15) is 4.79 Å². The Labute approximate surface area is 150 Å².